The van der Waals surface area contributed by atoms with E-state index in [0.29, 0.717) is 6.10 Å². The summed E-state index contributed by atoms with van der Waals surface area (Å²) in [6, 6.07) is 8.49. The zero-order valence-electron chi connectivity index (χ0n) is 13.0. The SMILES string of the molecule is CCC(C)Oc1cccc(CNCC2CCCCC2)c1. The van der Waals surface area contributed by atoms with Crippen LogP contribution in [-0.2, 0) is 6.54 Å². The summed E-state index contributed by atoms with van der Waals surface area (Å²) in [5.74, 6) is 1.89. The zero-order valence-corrected chi connectivity index (χ0v) is 13.0. The van der Waals surface area contributed by atoms with E-state index in [1.165, 1.54) is 37.7 Å². The molecule has 1 fully saturated rings. The van der Waals surface area contributed by atoms with E-state index in [9.17, 15) is 0 Å². The molecule has 2 rings (SSSR count). The van der Waals surface area contributed by atoms with Crippen LogP contribution in [0.4, 0.5) is 0 Å². The maximum absolute atomic E-state index is 5.87. The van der Waals surface area contributed by atoms with Gasteiger partial charge in [0.05, 0.1) is 6.10 Å². The number of hydrogen-bond donors (Lipinski definition) is 1. The van der Waals surface area contributed by atoms with Crippen LogP contribution in [0.1, 0.15) is 57.9 Å². The largest absolute Gasteiger partial charge is 0.491 e. The summed E-state index contributed by atoms with van der Waals surface area (Å²) < 4.78 is 5.87. The van der Waals surface area contributed by atoms with Crippen molar-refractivity contribution >= 4 is 0 Å². The molecule has 0 aliphatic heterocycles. The molecule has 0 spiro atoms. The lowest BCUT2D eigenvalue weighted by molar-refractivity contribution is 0.217. The number of benzene rings is 1. The molecule has 1 aliphatic rings. The molecule has 0 bridgehead atoms. The molecule has 1 aromatic carbocycles. The fraction of sp³-hybridized carbons (Fsp3) is 0.667. The van der Waals surface area contributed by atoms with Crippen LogP contribution in [0.5, 0.6) is 5.75 Å². The van der Waals surface area contributed by atoms with Crippen molar-refractivity contribution in [1.82, 2.24) is 5.32 Å². The van der Waals surface area contributed by atoms with Crippen LogP contribution in [-0.4, -0.2) is 12.6 Å². The van der Waals surface area contributed by atoms with Crippen molar-refractivity contribution in [3.05, 3.63) is 29.8 Å². The first-order valence-corrected chi connectivity index (χ1v) is 8.24. The van der Waals surface area contributed by atoms with E-state index in [2.05, 4.69) is 43.4 Å². The van der Waals surface area contributed by atoms with E-state index in [-0.39, 0.29) is 0 Å². The fourth-order valence-electron chi connectivity index (χ4n) is 2.86. The highest BCUT2D eigenvalue weighted by atomic mass is 16.5. The van der Waals surface area contributed by atoms with Crippen molar-refractivity contribution in [2.45, 2.75) is 65.0 Å². The maximum atomic E-state index is 5.87. The minimum atomic E-state index is 0.292. The Kier molecular flexibility index (Phi) is 6.38. The first kappa shape index (κ1) is 15.4. The number of rotatable bonds is 7. The van der Waals surface area contributed by atoms with Crippen LogP contribution in [0.25, 0.3) is 0 Å². The summed E-state index contributed by atoms with van der Waals surface area (Å²) in [5, 5.41) is 3.61. The molecule has 2 nitrogen and oxygen atoms in total. The van der Waals surface area contributed by atoms with Gasteiger partial charge in [0.1, 0.15) is 5.75 Å². The predicted octanol–water partition coefficient (Wildman–Crippen LogP) is 4.53. The van der Waals surface area contributed by atoms with Gasteiger partial charge in [0, 0.05) is 6.54 Å². The Morgan fingerprint density at radius 3 is 2.80 bits per heavy atom. The Hall–Kier alpha value is -1.02. The van der Waals surface area contributed by atoms with Crippen LogP contribution < -0.4 is 10.1 Å². The molecule has 0 saturated heterocycles. The zero-order chi connectivity index (χ0) is 14.2. The molecule has 1 aromatic rings. The molecular weight excluding hydrogens is 246 g/mol. The molecule has 0 aromatic heterocycles. The van der Waals surface area contributed by atoms with Gasteiger partial charge >= 0.3 is 0 Å². The molecular formula is C18H29NO. The van der Waals surface area contributed by atoms with Crippen molar-refractivity contribution in [1.29, 1.82) is 0 Å². The van der Waals surface area contributed by atoms with Gasteiger partial charge in [-0.05, 0) is 56.3 Å². The first-order chi connectivity index (χ1) is 9.78. The van der Waals surface area contributed by atoms with Crippen molar-refractivity contribution in [2.24, 2.45) is 5.92 Å². The van der Waals surface area contributed by atoms with Crippen molar-refractivity contribution in [3.63, 3.8) is 0 Å². The lowest BCUT2D eigenvalue weighted by atomic mass is 9.89. The van der Waals surface area contributed by atoms with Gasteiger partial charge in [-0.1, -0.05) is 38.3 Å². The van der Waals surface area contributed by atoms with Crippen molar-refractivity contribution < 1.29 is 4.74 Å². The average molecular weight is 275 g/mol. The highest BCUT2D eigenvalue weighted by Crippen LogP contribution is 2.23. The van der Waals surface area contributed by atoms with E-state index >= 15 is 0 Å². The van der Waals surface area contributed by atoms with E-state index in [0.717, 1.165) is 31.2 Å². The number of ether oxygens (including phenoxy) is 1. The van der Waals surface area contributed by atoms with E-state index in [1.807, 2.05) is 0 Å². The summed E-state index contributed by atoms with van der Waals surface area (Å²) in [7, 11) is 0. The Morgan fingerprint density at radius 1 is 1.25 bits per heavy atom. The Morgan fingerprint density at radius 2 is 2.05 bits per heavy atom. The van der Waals surface area contributed by atoms with Crippen molar-refractivity contribution in [2.75, 3.05) is 6.54 Å². The molecule has 1 atom stereocenters. The van der Waals surface area contributed by atoms with Gasteiger partial charge in [-0.15, -0.1) is 0 Å². The standard InChI is InChI=1S/C18H29NO/c1-3-15(2)20-18-11-7-10-17(12-18)14-19-13-16-8-5-4-6-9-16/h7,10-12,15-16,19H,3-6,8-9,13-14H2,1-2H3. The monoisotopic (exact) mass is 275 g/mol. The summed E-state index contributed by atoms with van der Waals surface area (Å²) in [4.78, 5) is 0. The van der Waals surface area contributed by atoms with E-state index < -0.39 is 0 Å². The molecule has 2 heteroatoms. The van der Waals surface area contributed by atoms with Crippen LogP contribution in [0.15, 0.2) is 24.3 Å². The third kappa shape index (κ3) is 5.16. The molecule has 1 N–H and O–H groups in total. The van der Waals surface area contributed by atoms with Gasteiger partial charge in [0.15, 0.2) is 0 Å². The van der Waals surface area contributed by atoms with Gasteiger partial charge in [0.25, 0.3) is 0 Å². The summed E-state index contributed by atoms with van der Waals surface area (Å²) in [6.45, 7) is 6.39. The van der Waals surface area contributed by atoms with E-state index in [4.69, 9.17) is 4.74 Å². The molecule has 1 unspecified atom stereocenters. The molecule has 20 heavy (non-hydrogen) atoms. The Balaban J connectivity index is 1.75. The van der Waals surface area contributed by atoms with E-state index in [1.54, 1.807) is 0 Å². The van der Waals surface area contributed by atoms with Gasteiger partial charge in [-0.3, -0.25) is 0 Å². The second-order valence-corrected chi connectivity index (χ2v) is 6.12. The van der Waals surface area contributed by atoms with Crippen LogP contribution >= 0.6 is 0 Å². The highest BCUT2D eigenvalue weighted by molar-refractivity contribution is 5.28. The Labute approximate surface area is 123 Å². The summed E-state index contributed by atoms with van der Waals surface area (Å²) in [5.41, 5.74) is 1.32. The van der Waals surface area contributed by atoms with Crippen LogP contribution in [0.3, 0.4) is 0 Å². The Bertz CT molecular complexity index is 385. The summed E-state index contributed by atoms with van der Waals surface area (Å²) in [6.07, 6.45) is 8.43. The predicted molar refractivity (Wildman–Crippen MR) is 85.1 cm³/mol. The smallest absolute Gasteiger partial charge is 0.120 e. The van der Waals surface area contributed by atoms with Crippen molar-refractivity contribution in [3.8, 4) is 5.75 Å². The molecule has 1 saturated carbocycles. The normalized spacial score (nSPS) is 17.9. The molecule has 0 radical (unpaired) electrons. The molecule has 112 valence electrons. The van der Waals surface area contributed by atoms with Gasteiger partial charge < -0.3 is 10.1 Å². The molecule has 1 aliphatic carbocycles. The van der Waals surface area contributed by atoms with Gasteiger partial charge in [0.2, 0.25) is 0 Å². The molecule has 0 heterocycles. The number of hydrogen-bond acceptors (Lipinski definition) is 2. The first-order valence-electron chi connectivity index (χ1n) is 8.24. The topological polar surface area (TPSA) is 21.3 Å². The third-order valence-corrected chi connectivity index (χ3v) is 4.30. The van der Waals surface area contributed by atoms with Crippen LogP contribution in [0.2, 0.25) is 0 Å². The summed E-state index contributed by atoms with van der Waals surface area (Å²) >= 11 is 0. The van der Waals surface area contributed by atoms with Gasteiger partial charge in [-0.25, -0.2) is 0 Å². The lowest BCUT2D eigenvalue weighted by Crippen LogP contribution is -2.24. The average Bonchev–Trinajstić information content (AvgIpc) is 2.48. The number of nitrogens with one attached hydrogen (secondary N) is 1. The highest BCUT2D eigenvalue weighted by Gasteiger charge is 2.12. The lowest BCUT2D eigenvalue weighted by Gasteiger charge is -2.22. The van der Waals surface area contributed by atoms with Gasteiger partial charge in [-0.2, -0.15) is 0 Å². The fourth-order valence-corrected chi connectivity index (χ4v) is 2.86. The second-order valence-electron chi connectivity index (χ2n) is 6.12. The minimum Gasteiger partial charge on any atom is -0.491 e. The van der Waals surface area contributed by atoms with Crippen LogP contribution in [0, 0.1) is 5.92 Å². The molecule has 0 amide bonds. The third-order valence-electron chi connectivity index (χ3n) is 4.30. The minimum absolute atomic E-state index is 0.292. The maximum Gasteiger partial charge on any atom is 0.120 e. The second kappa shape index (κ2) is 8.31. The quantitative estimate of drug-likeness (QED) is 0.789.